The first-order valence-corrected chi connectivity index (χ1v) is 7.09. The summed E-state index contributed by atoms with van der Waals surface area (Å²) in [4.78, 5) is 16.3. The lowest BCUT2D eigenvalue weighted by Gasteiger charge is -2.06. The van der Waals surface area contributed by atoms with Gasteiger partial charge in [0.2, 0.25) is 0 Å². The highest BCUT2D eigenvalue weighted by Gasteiger charge is 2.07. The Morgan fingerprint density at radius 3 is 2.82 bits per heavy atom. The predicted molar refractivity (Wildman–Crippen MR) is 84.0 cm³/mol. The van der Waals surface area contributed by atoms with E-state index in [4.69, 9.17) is 11.6 Å². The molecule has 0 bridgehead atoms. The minimum Gasteiger partial charge on any atom is -0.348 e. The number of rotatable bonds is 4. The van der Waals surface area contributed by atoms with Crippen LogP contribution in [0.3, 0.4) is 0 Å². The van der Waals surface area contributed by atoms with E-state index in [0.29, 0.717) is 22.9 Å². The van der Waals surface area contributed by atoms with Crippen molar-refractivity contribution in [2.45, 2.75) is 6.54 Å². The van der Waals surface area contributed by atoms with E-state index in [2.05, 4.69) is 15.4 Å². The maximum absolute atomic E-state index is 12.1. The van der Waals surface area contributed by atoms with E-state index in [1.807, 2.05) is 24.3 Å². The molecule has 0 aliphatic rings. The lowest BCUT2D eigenvalue weighted by molar-refractivity contribution is 0.0950. The SMILES string of the molecule is O=C(NCc1cccc(Cl)c1)c1ccc(-n2cccn2)nc1. The van der Waals surface area contributed by atoms with Crippen LogP contribution in [0, 0.1) is 0 Å². The van der Waals surface area contributed by atoms with E-state index in [1.54, 1.807) is 35.3 Å². The van der Waals surface area contributed by atoms with Gasteiger partial charge in [-0.3, -0.25) is 4.79 Å². The summed E-state index contributed by atoms with van der Waals surface area (Å²) >= 11 is 5.91. The van der Waals surface area contributed by atoms with Gasteiger partial charge in [-0.2, -0.15) is 5.10 Å². The van der Waals surface area contributed by atoms with Gasteiger partial charge in [0.25, 0.3) is 5.91 Å². The number of pyridine rings is 1. The van der Waals surface area contributed by atoms with Gasteiger partial charge in [-0.05, 0) is 35.9 Å². The highest BCUT2D eigenvalue weighted by Crippen LogP contribution is 2.10. The molecular formula is C16H13ClN4O. The molecule has 2 heterocycles. The van der Waals surface area contributed by atoms with Gasteiger partial charge in [-0.15, -0.1) is 0 Å². The Hall–Kier alpha value is -2.66. The third kappa shape index (κ3) is 3.32. The van der Waals surface area contributed by atoms with Crippen LogP contribution in [-0.2, 0) is 6.54 Å². The Morgan fingerprint density at radius 2 is 2.14 bits per heavy atom. The highest BCUT2D eigenvalue weighted by atomic mass is 35.5. The first kappa shape index (κ1) is 14.3. The van der Waals surface area contributed by atoms with Crippen molar-refractivity contribution in [3.63, 3.8) is 0 Å². The zero-order chi connectivity index (χ0) is 15.4. The Balaban J connectivity index is 1.65. The Morgan fingerprint density at radius 1 is 1.23 bits per heavy atom. The molecule has 0 aliphatic carbocycles. The monoisotopic (exact) mass is 312 g/mol. The molecule has 0 radical (unpaired) electrons. The highest BCUT2D eigenvalue weighted by molar-refractivity contribution is 6.30. The lowest BCUT2D eigenvalue weighted by atomic mass is 10.2. The molecule has 5 nitrogen and oxygen atoms in total. The standard InChI is InChI=1S/C16H13ClN4O/c17-14-4-1-3-12(9-14)10-19-16(22)13-5-6-15(18-11-13)21-8-2-7-20-21/h1-9,11H,10H2,(H,19,22). The zero-order valence-electron chi connectivity index (χ0n) is 11.6. The summed E-state index contributed by atoms with van der Waals surface area (Å²) in [7, 11) is 0. The second-order valence-electron chi connectivity index (χ2n) is 4.67. The number of halogens is 1. The molecule has 1 aromatic carbocycles. The van der Waals surface area contributed by atoms with Gasteiger partial charge in [-0.25, -0.2) is 9.67 Å². The van der Waals surface area contributed by atoms with Crippen LogP contribution >= 0.6 is 11.6 Å². The number of benzene rings is 1. The Bertz CT molecular complexity index is 769. The van der Waals surface area contributed by atoms with Gasteiger partial charge in [-0.1, -0.05) is 23.7 Å². The number of nitrogens with zero attached hydrogens (tertiary/aromatic N) is 3. The molecule has 1 N–H and O–H groups in total. The molecule has 0 aliphatic heterocycles. The van der Waals surface area contributed by atoms with Crippen LogP contribution in [-0.4, -0.2) is 20.7 Å². The van der Waals surface area contributed by atoms with E-state index in [0.717, 1.165) is 5.56 Å². The van der Waals surface area contributed by atoms with Gasteiger partial charge < -0.3 is 5.32 Å². The quantitative estimate of drug-likeness (QED) is 0.806. The molecule has 0 saturated heterocycles. The van der Waals surface area contributed by atoms with E-state index >= 15 is 0 Å². The number of aromatic nitrogens is 3. The summed E-state index contributed by atoms with van der Waals surface area (Å²) in [6, 6.07) is 12.7. The number of carbonyl (C=O) groups is 1. The van der Waals surface area contributed by atoms with Crippen molar-refractivity contribution in [3.05, 3.63) is 77.2 Å². The van der Waals surface area contributed by atoms with E-state index in [-0.39, 0.29) is 5.91 Å². The molecule has 3 rings (SSSR count). The van der Waals surface area contributed by atoms with E-state index < -0.39 is 0 Å². The molecule has 6 heteroatoms. The van der Waals surface area contributed by atoms with E-state index in [9.17, 15) is 4.79 Å². The van der Waals surface area contributed by atoms with Crippen LogP contribution in [0.2, 0.25) is 5.02 Å². The fraction of sp³-hybridized carbons (Fsp3) is 0.0625. The average molecular weight is 313 g/mol. The van der Waals surface area contributed by atoms with Crippen LogP contribution in [0.4, 0.5) is 0 Å². The van der Waals surface area contributed by atoms with Gasteiger partial charge >= 0.3 is 0 Å². The van der Waals surface area contributed by atoms with Crippen molar-refractivity contribution < 1.29 is 4.79 Å². The van der Waals surface area contributed by atoms with Gasteiger partial charge in [0.15, 0.2) is 5.82 Å². The summed E-state index contributed by atoms with van der Waals surface area (Å²) < 4.78 is 1.63. The number of hydrogen-bond donors (Lipinski definition) is 1. The Kier molecular flexibility index (Phi) is 4.16. The largest absolute Gasteiger partial charge is 0.348 e. The van der Waals surface area contributed by atoms with Crippen LogP contribution in [0.1, 0.15) is 15.9 Å². The van der Waals surface area contributed by atoms with Crippen molar-refractivity contribution in [2.24, 2.45) is 0 Å². The van der Waals surface area contributed by atoms with Crippen LogP contribution in [0.5, 0.6) is 0 Å². The molecule has 2 aromatic heterocycles. The lowest BCUT2D eigenvalue weighted by Crippen LogP contribution is -2.23. The number of amides is 1. The first-order valence-electron chi connectivity index (χ1n) is 6.71. The van der Waals surface area contributed by atoms with Gasteiger partial charge in [0, 0.05) is 30.2 Å². The summed E-state index contributed by atoms with van der Waals surface area (Å²) in [6.07, 6.45) is 5.00. The smallest absolute Gasteiger partial charge is 0.253 e. The molecule has 0 spiro atoms. The topological polar surface area (TPSA) is 59.8 Å². The van der Waals surface area contributed by atoms with Crippen LogP contribution < -0.4 is 5.32 Å². The molecule has 0 atom stereocenters. The van der Waals surface area contributed by atoms with Crippen LogP contribution in [0.25, 0.3) is 5.82 Å². The zero-order valence-corrected chi connectivity index (χ0v) is 12.4. The molecule has 0 unspecified atom stereocenters. The van der Waals surface area contributed by atoms with Gasteiger partial charge in [0.05, 0.1) is 5.56 Å². The molecule has 0 fully saturated rings. The first-order chi connectivity index (χ1) is 10.7. The number of hydrogen-bond acceptors (Lipinski definition) is 3. The fourth-order valence-corrected chi connectivity index (χ4v) is 2.20. The van der Waals surface area contributed by atoms with Crippen molar-refractivity contribution >= 4 is 17.5 Å². The van der Waals surface area contributed by atoms with Crippen molar-refractivity contribution in [2.75, 3.05) is 0 Å². The number of carbonyl (C=O) groups excluding carboxylic acids is 1. The molecule has 110 valence electrons. The minimum absolute atomic E-state index is 0.181. The average Bonchev–Trinajstić information content (AvgIpc) is 3.07. The van der Waals surface area contributed by atoms with E-state index in [1.165, 1.54) is 6.20 Å². The van der Waals surface area contributed by atoms with Crippen molar-refractivity contribution in [3.8, 4) is 5.82 Å². The van der Waals surface area contributed by atoms with Crippen LogP contribution in [0.15, 0.2) is 61.1 Å². The summed E-state index contributed by atoms with van der Waals surface area (Å²) in [5.74, 6) is 0.482. The molecule has 22 heavy (non-hydrogen) atoms. The molecule has 0 saturated carbocycles. The molecular weight excluding hydrogens is 300 g/mol. The maximum atomic E-state index is 12.1. The normalized spacial score (nSPS) is 10.4. The Labute approximate surface area is 132 Å². The summed E-state index contributed by atoms with van der Waals surface area (Å²) in [5, 5.41) is 7.57. The van der Waals surface area contributed by atoms with Crippen molar-refractivity contribution in [1.29, 1.82) is 0 Å². The van der Waals surface area contributed by atoms with Gasteiger partial charge in [0.1, 0.15) is 0 Å². The maximum Gasteiger partial charge on any atom is 0.253 e. The number of nitrogens with one attached hydrogen (secondary N) is 1. The fourth-order valence-electron chi connectivity index (χ4n) is 1.99. The second kappa shape index (κ2) is 6.41. The minimum atomic E-state index is -0.181. The third-order valence-corrected chi connectivity index (χ3v) is 3.33. The molecule has 1 amide bonds. The second-order valence-corrected chi connectivity index (χ2v) is 5.10. The molecule has 3 aromatic rings. The predicted octanol–water partition coefficient (Wildman–Crippen LogP) is 2.85. The third-order valence-electron chi connectivity index (χ3n) is 3.09. The summed E-state index contributed by atoms with van der Waals surface area (Å²) in [5.41, 5.74) is 1.44. The summed E-state index contributed by atoms with van der Waals surface area (Å²) in [6.45, 7) is 0.417. The van der Waals surface area contributed by atoms with Crippen molar-refractivity contribution in [1.82, 2.24) is 20.1 Å².